The van der Waals surface area contributed by atoms with E-state index in [9.17, 15) is 10.2 Å². The molecule has 3 aromatic rings. The van der Waals surface area contributed by atoms with E-state index in [1.54, 1.807) is 36.4 Å². The second-order valence-electron chi connectivity index (χ2n) is 4.56. The largest absolute Gasteiger partial charge is 0.639 e. The van der Waals surface area contributed by atoms with Crippen molar-refractivity contribution in [1.29, 1.82) is 5.26 Å². The Bertz CT molecular complexity index is 855. The molecular weight excluding hydrogens is 266 g/mol. The van der Waals surface area contributed by atoms with Crippen molar-refractivity contribution < 1.29 is 19.3 Å². The first kappa shape index (κ1) is 12.9. The molecule has 0 radical (unpaired) electrons. The van der Waals surface area contributed by atoms with Crippen molar-refractivity contribution in [2.45, 2.75) is 6.54 Å². The number of hydrogen-bond donors (Lipinski definition) is 2. The highest BCUT2D eigenvalue weighted by Gasteiger charge is 2.34. The molecule has 1 heterocycles. The molecule has 5 heteroatoms. The number of para-hydroxylation sites is 2. The Kier molecular flexibility index (Phi) is 3.13. The van der Waals surface area contributed by atoms with Crippen molar-refractivity contribution in [2.75, 3.05) is 0 Å². The summed E-state index contributed by atoms with van der Waals surface area (Å²) >= 11 is 0. The van der Waals surface area contributed by atoms with Gasteiger partial charge in [-0.25, -0.2) is 0 Å². The molecule has 0 bridgehead atoms. The van der Waals surface area contributed by atoms with Crippen LogP contribution < -0.4 is 9.13 Å². The van der Waals surface area contributed by atoms with Crippen molar-refractivity contribution in [3.63, 3.8) is 0 Å². The second kappa shape index (κ2) is 5.10. The van der Waals surface area contributed by atoms with Gasteiger partial charge in [0, 0.05) is 18.2 Å². The summed E-state index contributed by atoms with van der Waals surface area (Å²) in [7, 11) is 0. The molecule has 0 aliphatic rings. The van der Waals surface area contributed by atoms with Crippen LogP contribution in [0.4, 0.5) is 0 Å². The van der Waals surface area contributed by atoms with Gasteiger partial charge in [-0.1, -0.05) is 34.9 Å². The van der Waals surface area contributed by atoms with Gasteiger partial charge in [-0.2, -0.15) is 5.26 Å². The standard InChI is InChI=1S/C16H11N3O2/c17-10-11-18-14-9-5-4-8-13(14)15(20)19(16(18)21)12-6-2-1-3-7-12/h1-9H,11H2/p+2. The summed E-state index contributed by atoms with van der Waals surface area (Å²) in [5.41, 5.74) is 1.21. The molecular formula is C16H13N3O2+2. The number of hydrogen-bond acceptors (Lipinski definition) is 3. The number of benzene rings is 2. The SMILES string of the molecule is N#CC[n+]1c(O)[n+](-c2ccccc2)c(O)c2ccccc21. The van der Waals surface area contributed by atoms with E-state index in [0.717, 1.165) is 0 Å². The van der Waals surface area contributed by atoms with Gasteiger partial charge in [0.25, 0.3) is 0 Å². The molecule has 2 N–H and O–H groups in total. The highest BCUT2D eigenvalue weighted by Crippen LogP contribution is 2.22. The third-order valence-corrected chi connectivity index (χ3v) is 3.33. The van der Waals surface area contributed by atoms with Crippen LogP contribution in [0.2, 0.25) is 0 Å². The molecule has 21 heavy (non-hydrogen) atoms. The third kappa shape index (κ3) is 2.03. The van der Waals surface area contributed by atoms with Crippen LogP contribution in [0, 0.1) is 11.3 Å². The lowest BCUT2D eigenvalue weighted by Crippen LogP contribution is -2.46. The van der Waals surface area contributed by atoms with E-state index in [0.29, 0.717) is 16.6 Å². The summed E-state index contributed by atoms with van der Waals surface area (Å²) in [4.78, 5) is 0. The van der Waals surface area contributed by atoms with Crippen LogP contribution in [0.1, 0.15) is 0 Å². The van der Waals surface area contributed by atoms with Crippen molar-refractivity contribution in [2.24, 2.45) is 0 Å². The van der Waals surface area contributed by atoms with Crippen LogP contribution in [0.3, 0.4) is 0 Å². The maximum Gasteiger partial charge on any atom is 0.639 e. The van der Waals surface area contributed by atoms with E-state index in [1.165, 1.54) is 9.13 Å². The van der Waals surface area contributed by atoms with Gasteiger partial charge < -0.3 is 10.2 Å². The Morgan fingerprint density at radius 2 is 1.62 bits per heavy atom. The van der Waals surface area contributed by atoms with E-state index < -0.39 is 0 Å². The highest BCUT2D eigenvalue weighted by molar-refractivity contribution is 5.79. The Hall–Kier alpha value is -3.13. The van der Waals surface area contributed by atoms with Crippen LogP contribution >= 0.6 is 0 Å². The van der Waals surface area contributed by atoms with Gasteiger partial charge >= 0.3 is 11.9 Å². The van der Waals surface area contributed by atoms with Gasteiger partial charge in [-0.05, 0) is 10.6 Å². The van der Waals surface area contributed by atoms with Crippen LogP contribution in [0.5, 0.6) is 11.9 Å². The molecule has 0 amide bonds. The Morgan fingerprint density at radius 3 is 2.33 bits per heavy atom. The normalized spacial score (nSPS) is 10.4. The Labute approximate surface area is 121 Å². The maximum absolute atomic E-state index is 10.5. The molecule has 0 unspecified atom stereocenters. The van der Waals surface area contributed by atoms with Gasteiger partial charge in [0.15, 0.2) is 5.39 Å². The molecule has 5 nitrogen and oxygen atoms in total. The fraction of sp³-hybridized carbons (Fsp3) is 0.0625. The van der Waals surface area contributed by atoms with Crippen molar-refractivity contribution in [3.05, 3.63) is 54.6 Å². The molecule has 0 saturated heterocycles. The summed E-state index contributed by atoms with van der Waals surface area (Å²) < 4.78 is 2.78. The summed E-state index contributed by atoms with van der Waals surface area (Å²) in [5.74, 6) is -0.0662. The molecule has 0 atom stereocenters. The lowest BCUT2D eigenvalue weighted by Gasteiger charge is -2.02. The Balaban J connectivity index is 2.43. The van der Waals surface area contributed by atoms with E-state index in [-0.39, 0.29) is 18.4 Å². The maximum atomic E-state index is 10.5. The minimum absolute atomic E-state index is 0.0144. The van der Waals surface area contributed by atoms with Crippen molar-refractivity contribution >= 4 is 10.9 Å². The predicted octanol–water partition coefficient (Wildman–Crippen LogP) is 1.34. The molecule has 0 aliphatic heterocycles. The zero-order valence-electron chi connectivity index (χ0n) is 11.1. The first-order valence-corrected chi connectivity index (χ1v) is 6.45. The van der Waals surface area contributed by atoms with Crippen LogP contribution in [-0.4, -0.2) is 10.2 Å². The fourth-order valence-electron chi connectivity index (χ4n) is 2.38. The van der Waals surface area contributed by atoms with E-state index in [2.05, 4.69) is 0 Å². The van der Waals surface area contributed by atoms with Gasteiger partial charge in [0.05, 0.1) is 0 Å². The number of nitrogens with zero attached hydrogens (tertiary/aromatic N) is 3. The van der Waals surface area contributed by atoms with Crippen LogP contribution in [-0.2, 0) is 6.54 Å². The van der Waals surface area contributed by atoms with Crippen LogP contribution in [0.15, 0.2) is 54.6 Å². The first-order chi connectivity index (χ1) is 10.2. The van der Waals surface area contributed by atoms with Gasteiger partial charge in [-0.15, -0.1) is 0 Å². The van der Waals surface area contributed by atoms with E-state index in [4.69, 9.17) is 5.26 Å². The topological polar surface area (TPSA) is 72.0 Å². The smallest absolute Gasteiger partial charge is 0.459 e. The molecule has 2 aromatic carbocycles. The molecule has 0 spiro atoms. The third-order valence-electron chi connectivity index (χ3n) is 3.33. The summed E-state index contributed by atoms with van der Waals surface area (Å²) in [6.45, 7) is -0.0144. The molecule has 0 aliphatic carbocycles. The quantitative estimate of drug-likeness (QED) is 0.695. The summed E-state index contributed by atoms with van der Waals surface area (Å²) in [6, 6.07) is 17.9. The first-order valence-electron chi connectivity index (χ1n) is 6.45. The van der Waals surface area contributed by atoms with Gasteiger partial charge in [0.2, 0.25) is 17.7 Å². The summed E-state index contributed by atoms with van der Waals surface area (Å²) in [6.07, 6.45) is 0. The lowest BCUT2D eigenvalue weighted by molar-refractivity contribution is -0.775. The second-order valence-corrected chi connectivity index (χ2v) is 4.56. The van der Waals surface area contributed by atoms with Gasteiger partial charge in [-0.3, -0.25) is 0 Å². The van der Waals surface area contributed by atoms with Gasteiger partial charge in [0.1, 0.15) is 6.07 Å². The van der Waals surface area contributed by atoms with Crippen molar-refractivity contribution in [1.82, 2.24) is 0 Å². The lowest BCUT2D eigenvalue weighted by atomic mass is 10.2. The minimum Gasteiger partial charge on any atom is -0.459 e. The zero-order valence-corrected chi connectivity index (χ0v) is 11.1. The molecule has 3 rings (SSSR count). The van der Waals surface area contributed by atoms with Crippen LogP contribution in [0.25, 0.3) is 16.6 Å². The monoisotopic (exact) mass is 279 g/mol. The number of rotatable bonds is 2. The number of nitriles is 1. The number of aromatic nitrogens is 2. The predicted molar refractivity (Wildman–Crippen MR) is 74.6 cm³/mol. The zero-order chi connectivity index (χ0) is 14.8. The average molecular weight is 279 g/mol. The Morgan fingerprint density at radius 1 is 0.952 bits per heavy atom. The number of fused-ring (bicyclic) bond motifs is 1. The number of aromatic hydroxyl groups is 2. The van der Waals surface area contributed by atoms with E-state index >= 15 is 0 Å². The molecule has 0 saturated carbocycles. The fourth-order valence-corrected chi connectivity index (χ4v) is 2.38. The van der Waals surface area contributed by atoms with Crippen molar-refractivity contribution in [3.8, 4) is 23.6 Å². The molecule has 102 valence electrons. The molecule has 1 aromatic heterocycles. The molecule has 0 fully saturated rings. The summed E-state index contributed by atoms with van der Waals surface area (Å²) in [5, 5.41) is 30.5. The average Bonchev–Trinajstić information content (AvgIpc) is 2.53. The van der Waals surface area contributed by atoms with E-state index in [1.807, 2.05) is 24.3 Å². The highest BCUT2D eigenvalue weighted by atomic mass is 16.3. The minimum atomic E-state index is -0.195.